The molecule has 1 aliphatic heterocycles. The number of sulfonamides is 1. The number of hydrogen-bond donors (Lipinski definition) is 0. The maximum Gasteiger partial charge on any atom is 0.333 e. The zero-order valence-corrected chi connectivity index (χ0v) is 19.5. The first kappa shape index (κ1) is 23.8. The summed E-state index contributed by atoms with van der Waals surface area (Å²) in [6, 6.07) is 13.3. The minimum absolute atomic E-state index is 0.182. The maximum atomic E-state index is 12.3. The highest BCUT2D eigenvalue weighted by Gasteiger charge is 2.25. The molecule has 1 aliphatic rings. The third-order valence-corrected chi connectivity index (χ3v) is 6.33. The van der Waals surface area contributed by atoms with Crippen LogP contribution in [0.25, 0.3) is 17.2 Å². The maximum absolute atomic E-state index is 12.3. The predicted molar refractivity (Wildman–Crippen MR) is 125 cm³/mol. The molecule has 0 atom stereocenters. The Labute approximate surface area is 189 Å². The van der Waals surface area contributed by atoms with E-state index in [9.17, 15) is 13.2 Å². The van der Waals surface area contributed by atoms with E-state index in [1.807, 2.05) is 43.3 Å². The van der Waals surface area contributed by atoms with E-state index < -0.39 is 16.0 Å². The number of fused-ring (bicyclic) bond motifs is 1. The summed E-state index contributed by atoms with van der Waals surface area (Å²) in [7, 11) is -2.17. The summed E-state index contributed by atoms with van der Waals surface area (Å²) in [4.78, 5) is 12.1. The number of esters is 1. The van der Waals surface area contributed by atoms with E-state index in [0.717, 1.165) is 23.3 Å². The van der Waals surface area contributed by atoms with Crippen LogP contribution >= 0.6 is 0 Å². The monoisotopic (exact) mass is 459 g/mol. The first-order valence-electron chi connectivity index (χ1n) is 10.5. The van der Waals surface area contributed by atoms with Crippen molar-refractivity contribution in [1.29, 1.82) is 0 Å². The number of nitrogens with zero attached hydrogens (tertiary/aromatic N) is 1. The molecule has 0 radical (unpaired) electrons. The third-order valence-electron chi connectivity index (χ3n) is 5.15. The Kier molecular flexibility index (Phi) is 7.93. The van der Waals surface area contributed by atoms with Crippen molar-refractivity contribution in [2.75, 3.05) is 44.0 Å². The van der Waals surface area contributed by atoms with Crippen LogP contribution in [-0.2, 0) is 24.3 Å². The average molecular weight is 460 g/mol. The van der Waals surface area contributed by atoms with Crippen LogP contribution in [0.4, 0.5) is 5.69 Å². The van der Waals surface area contributed by atoms with E-state index in [0.29, 0.717) is 36.6 Å². The molecule has 0 bridgehead atoms. The highest BCUT2D eigenvalue weighted by atomic mass is 32.2. The van der Waals surface area contributed by atoms with Crippen molar-refractivity contribution < 1.29 is 27.4 Å². The van der Waals surface area contributed by atoms with Gasteiger partial charge in [-0.25, -0.2) is 13.2 Å². The fourth-order valence-corrected chi connectivity index (χ4v) is 4.50. The molecule has 0 aromatic heterocycles. The number of benzene rings is 2. The number of hydrogen-bond acceptors (Lipinski definition) is 6. The van der Waals surface area contributed by atoms with Gasteiger partial charge in [-0.1, -0.05) is 18.2 Å². The minimum atomic E-state index is -3.49. The van der Waals surface area contributed by atoms with Gasteiger partial charge >= 0.3 is 5.97 Å². The molecule has 7 nitrogen and oxygen atoms in total. The van der Waals surface area contributed by atoms with Crippen LogP contribution in [0.15, 0.2) is 48.0 Å². The Bertz CT molecular complexity index is 1080. The van der Waals surface area contributed by atoms with Gasteiger partial charge in [0.15, 0.2) is 0 Å². The van der Waals surface area contributed by atoms with Crippen LogP contribution in [0.1, 0.15) is 25.3 Å². The molecule has 0 amide bonds. The number of carbonyl (C=O) groups is 1. The summed E-state index contributed by atoms with van der Waals surface area (Å²) in [6.45, 7) is 4.11. The van der Waals surface area contributed by atoms with Gasteiger partial charge in [0.1, 0.15) is 5.75 Å². The van der Waals surface area contributed by atoms with Gasteiger partial charge in [0.25, 0.3) is 0 Å². The number of methoxy groups -OCH3 is 1. The summed E-state index contributed by atoms with van der Waals surface area (Å²) in [5.74, 6) is 0.318. The molecular weight excluding hydrogens is 430 g/mol. The molecular formula is C24H29NO6S. The van der Waals surface area contributed by atoms with Crippen molar-refractivity contribution in [3.8, 4) is 16.9 Å². The van der Waals surface area contributed by atoms with Crippen molar-refractivity contribution >= 4 is 27.8 Å². The normalized spacial score (nSPS) is 13.7. The van der Waals surface area contributed by atoms with E-state index >= 15 is 0 Å². The number of carbonyl (C=O) groups excluding carboxylic acids is 1. The predicted octanol–water partition coefficient (Wildman–Crippen LogP) is 3.89. The van der Waals surface area contributed by atoms with Gasteiger partial charge in [0, 0.05) is 31.8 Å². The second-order valence-electron chi connectivity index (χ2n) is 7.44. The fraction of sp³-hybridized carbons (Fsp3) is 0.375. The highest BCUT2D eigenvalue weighted by Crippen LogP contribution is 2.34. The lowest BCUT2D eigenvalue weighted by Crippen LogP contribution is -2.31. The zero-order chi connectivity index (χ0) is 23.1. The number of rotatable bonds is 9. The molecule has 1 heterocycles. The molecule has 32 heavy (non-hydrogen) atoms. The molecule has 2 aromatic carbocycles. The Morgan fingerprint density at radius 2 is 1.78 bits per heavy atom. The lowest BCUT2D eigenvalue weighted by Gasteiger charge is -2.22. The van der Waals surface area contributed by atoms with Gasteiger partial charge < -0.3 is 14.2 Å². The van der Waals surface area contributed by atoms with E-state index in [1.165, 1.54) is 17.7 Å². The molecule has 8 heteroatoms. The quantitative estimate of drug-likeness (QED) is 0.418. The molecule has 0 aliphatic carbocycles. The topological polar surface area (TPSA) is 82.1 Å². The molecule has 172 valence electrons. The molecule has 0 saturated heterocycles. The largest absolute Gasteiger partial charge is 0.494 e. The lowest BCUT2D eigenvalue weighted by molar-refractivity contribution is -0.136. The number of anilines is 1. The van der Waals surface area contributed by atoms with Crippen molar-refractivity contribution in [3.05, 3.63) is 53.6 Å². The van der Waals surface area contributed by atoms with Gasteiger partial charge in [-0.2, -0.15) is 0 Å². The van der Waals surface area contributed by atoms with E-state index in [-0.39, 0.29) is 13.0 Å². The van der Waals surface area contributed by atoms with Crippen molar-refractivity contribution in [2.45, 2.75) is 19.8 Å². The summed E-state index contributed by atoms with van der Waals surface area (Å²) in [5.41, 5.74) is 3.50. The van der Waals surface area contributed by atoms with Crippen molar-refractivity contribution in [3.63, 3.8) is 0 Å². The van der Waals surface area contributed by atoms with Gasteiger partial charge in [0.05, 0.1) is 25.7 Å². The van der Waals surface area contributed by atoms with E-state index in [4.69, 9.17) is 14.2 Å². The fourth-order valence-electron chi connectivity index (χ4n) is 3.55. The second-order valence-corrected chi connectivity index (χ2v) is 9.35. The van der Waals surface area contributed by atoms with Crippen LogP contribution < -0.4 is 9.04 Å². The summed E-state index contributed by atoms with van der Waals surface area (Å²) in [6.07, 6.45) is 3.98. The third kappa shape index (κ3) is 5.89. The van der Waals surface area contributed by atoms with Gasteiger partial charge in [-0.3, -0.25) is 4.31 Å². The zero-order valence-electron chi connectivity index (χ0n) is 18.7. The molecule has 0 fully saturated rings. The SMILES string of the molecule is CCOCCCOc1ccc(-c2ccc3c(c2)C=C(C(=O)OC)CCN3S(C)(=O)=O)cc1. The first-order chi connectivity index (χ1) is 15.3. The van der Waals surface area contributed by atoms with Gasteiger partial charge in [-0.05, 0) is 60.4 Å². The van der Waals surface area contributed by atoms with Gasteiger partial charge in [-0.15, -0.1) is 0 Å². The Morgan fingerprint density at radius 3 is 2.44 bits per heavy atom. The van der Waals surface area contributed by atoms with Gasteiger partial charge in [0.2, 0.25) is 10.0 Å². The second kappa shape index (κ2) is 10.7. The molecule has 0 saturated carbocycles. The van der Waals surface area contributed by atoms with Crippen LogP contribution in [-0.4, -0.2) is 54.1 Å². The van der Waals surface area contributed by atoms with Crippen molar-refractivity contribution in [1.82, 2.24) is 0 Å². The highest BCUT2D eigenvalue weighted by molar-refractivity contribution is 7.92. The smallest absolute Gasteiger partial charge is 0.333 e. The van der Waals surface area contributed by atoms with Crippen LogP contribution in [0, 0.1) is 0 Å². The molecule has 3 rings (SSSR count). The van der Waals surface area contributed by atoms with E-state index in [2.05, 4.69) is 0 Å². The average Bonchev–Trinajstić information content (AvgIpc) is 2.98. The molecule has 2 aromatic rings. The van der Waals surface area contributed by atoms with E-state index in [1.54, 1.807) is 12.1 Å². The lowest BCUT2D eigenvalue weighted by atomic mass is 10.0. The molecule has 0 unspecified atom stereocenters. The van der Waals surface area contributed by atoms with Crippen LogP contribution in [0.2, 0.25) is 0 Å². The summed E-state index contributed by atoms with van der Waals surface area (Å²) >= 11 is 0. The standard InChI is InChI=1S/C24H29NO6S/c1-4-30-14-5-15-31-22-9-6-18(7-10-22)19-8-11-23-21(16-19)17-20(24(26)29-2)12-13-25(23)32(3,27)28/h6-11,16-17H,4-5,12-15H2,1-3H3. The Morgan fingerprint density at radius 1 is 1.06 bits per heavy atom. The minimum Gasteiger partial charge on any atom is -0.494 e. The summed E-state index contributed by atoms with van der Waals surface area (Å²) < 4.78 is 41.9. The number of ether oxygens (including phenoxy) is 3. The van der Waals surface area contributed by atoms with Crippen LogP contribution in [0.5, 0.6) is 5.75 Å². The Balaban J connectivity index is 1.86. The Hall–Kier alpha value is -2.84. The van der Waals surface area contributed by atoms with Crippen LogP contribution in [0.3, 0.4) is 0 Å². The summed E-state index contributed by atoms with van der Waals surface area (Å²) in [5, 5.41) is 0. The van der Waals surface area contributed by atoms with Crippen molar-refractivity contribution in [2.24, 2.45) is 0 Å². The molecule has 0 spiro atoms. The molecule has 0 N–H and O–H groups in total. The first-order valence-corrected chi connectivity index (χ1v) is 12.4.